The summed E-state index contributed by atoms with van der Waals surface area (Å²) in [5, 5.41) is 3.52. The Morgan fingerprint density at radius 3 is 3.12 bits per heavy atom. The summed E-state index contributed by atoms with van der Waals surface area (Å²) in [5.74, 6) is 0. The lowest BCUT2D eigenvalue weighted by Gasteiger charge is -2.16. The van der Waals surface area contributed by atoms with E-state index in [2.05, 4.69) is 57.3 Å². The fourth-order valence-electron chi connectivity index (χ4n) is 2.33. The van der Waals surface area contributed by atoms with Gasteiger partial charge >= 0.3 is 0 Å². The molecule has 1 aromatic rings. The fourth-order valence-corrected chi connectivity index (χ4v) is 2.77. The van der Waals surface area contributed by atoms with Gasteiger partial charge in [0.2, 0.25) is 0 Å². The number of hydrogen-bond acceptors (Lipinski definition) is 2. The Labute approximate surface area is 106 Å². The number of hydrogen-bond donors (Lipinski definition) is 1. The Hall–Kier alpha value is -0.380. The minimum Gasteiger partial charge on any atom is -0.313 e. The predicted octanol–water partition coefficient (Wildman–Crippen LogP) is 2.63. The van der Waals surface area contributed by atoms with Gasteiger partial charge in [-0.3, -0.25) is 4.90 Å². The van der Waals surface area contributed by atoms with Crippen LogP contribution in [0.5, 0.6) is 0 Å². The molecule has 0 saturated carbocycles. The van der Waals surface area contributed by atoms with E-state index in [1.54, 1.807) is 0 Å². The molecule has 1 atom stereocenters. The van der Waals surface area contributed by atoms with Crippen molar-refractivity contribution < 1.29 is 0 Å². The molecule has 0 radical (unpaired) electrons. The first-order valence-electron chi connectivity index (χ1n) is 5.98. The first-order chi connectivity index (χ1) is 7.78. The van der Waals surface area contributed by atoms with Gasteiger partial charge in [-0.2, -0.15) is 0 Å². The van der Waals surface area contributed by atoms with Gasteiger partial charge in [0.15, 0.2) is 0 Å². The highest BCUT2D eigenvalue weighted by Gasteiger charge is 2.21. The number of benzene rings is 1. The Balaban J connectivity index is 1.87. The molecule has 1 saturated heterocycles. The average molecular weight is 283 g/mol. The van der Waals surface area contributed by atoms with Gasteiger partial charge in [0.05, 0.1) is 0 Å². The van der Waals surface area contributed by atoms with Crippen molar-refractivity contribution in [2.24, 2.45) is 0 Å². The average Bonchev–Trinajstić information content (AvgIpc) is 2.66. The van der Waals surface area contributed by atoms with Crippen LogP contribution in [0.1, 0.15) is 18.9 Å². The summed E-state index contributed by atoms with van der Waals surface area (Å²) < 4.78 is 1.17. The predicted molar refractivity (Wildman–Crippen MR) is 71.5 cm³/mol. The summed E-state index contributed by atoms with van der Waals surface area (Å²) in [6.45, 7) is 6.72. The summed E-state index contributed by atoms with van der Waals surface area (Å²) in [7, 11) is 0. The molecule has 16 heavy (non-hydrogen) atoms. The van der Waals surface area contributed by atoms with Crippen molar-refractivity contribution in [2.45, 2.75) is 25.9 Å². The first-order valence-corrected chi connectivity index (χ1v) is 6.77. The van der Waals surface area contributed by atoms with Gasteiger partial charge in [-0.25, -0.2) is 0 Å². The standard InChI is InChI=1S/C13H19BrN2/c1-2-15-13-6-7-16(10-13)9-11-4-3-5-12(14)8-11/h3-5,8,13,15H,2,6-7,9-10H2,1H3. The minimum atomic E-state index is 0.692. The molecule has 0 amide bonds. The van der Waals surface area contributed by atoms with Gasteiger partial charge in [-0.1, -0.05) is 35.0 Å². The van der Waals surface area contributed by atoms with Gasteiger partial charge < -0.3 is 5.32 Å². The molecular weight excluding hydrogens is 264 g/mol. The highest BCUT2D eigenvalue weighted by atomic mass is 79.9. The minimum absolute atomic E-state index is 0.692. The zero-order valence-corrected chi connectivity index (χ0v) is 11.3. The second-order valence-electron chi connectivity index (χ2n) is 4.41. The molecular formula is C13H19BrN2. The van der Waals surface area contributed by atoms with E-state index < -0.39 is 0 Å². The zero-order chi connectivity index (χ0) is 11.4. The lowest BCUT2D eigenvalue weighted by Crippen LogP contribution is -2.32. The van der Waals surface area contributed by atoms with Crippen molar-refractivity contribution >= 4 is 15.9 Å². The maximum Gasteiger partial charge on any atom is 0.0234 e. The number of nitrogens with one attached hydrogen (secondary N) is 1. The van der Waals surface area contributed by atoms with E-state index in [1.807, 2.05) is 0 Å². The number of halogens is 1. The van der Waals surface area contributed by atoms with E-state index in [9.17, 15) is 0 Å². The van der Waals surface area contributed by atoms with E-state index in [0.717, 1.165) is 13.1 Å². The van der Waals surface area contributed by atoms with Gasteiger partial charge in [0.25, 0.3) is 0 Å². The maximum atomic E-state index is 3.52. The smallest absolute Gasteiger partial charge is 0.0234 e. The van der Waals surface area contributed by atoms with Crippen molar-refractivity contribution in [2.75, 3.05) is 19.6 Å². The number of nitrogens with zero attached hydrogens (tertiary/aromatic N) is 1. The summed E-state index contributed by atoms with van der Waals surface area (Å²) >= 11 is 3.52. The second-order valence-corrected chi connectivity index (χ2v) is 5.32. The van der Waals surface area contributed by atoms with Crippen molar-refractivity contribution in [1.29, 1.82) is 0 Å². The molecule has 1 unspecified atom stereocenters. The highest BCUT2D eigenvalue weighted by Crippen LogP contribution is 2.16. The molecule has 0 aromatic heterocycles. The lowest BCUT2D eigenvalue weighted by atomic mass is 10.2. The third kappa shape index (κ3) is 3.30. The van der Waals surface area contributed by atoms with Gasteiger partial charge in [0, 0.05) is 30.1 Å². The van der Waals surface area contributed by atoms with Crippen molar-refractivity contribution in [3.8, 4) is 0 Å². The molecule has 1 fully saturated rings. The third-order valence-corrected chi connectivity index (χ3v) is 3.55. The van der Waals surface area contributed by atoms with Crippen LogP contribution in [0, 0.1) is 0 Å². The van der Waals surface area contributed by atoms with Crippen LogP contribution in [0.2, 0.25) is 0 Å². The summed E-state index contributed by atoms with van der Waals surface area (Å²) in [4.78, 5) is 2.52. The van der Waals surface area contributed by atoms with Crippen LogP contribution in [0.25, 0.3) is 0 Å². The number of likely N-dealkylation sites (N-methyl/N-ethyl adjacent to an activating group) is 1. The molecule has 0 spiro atoms. The lowest BCUT2D eigenvalue weighted by molar-refractivity contribution is 0.321. The van der Waals surface area contributed by atoms with E-state index >= 15 is 0 Å². The molecule has 1 aliphatic heterocycles. The second kappa shape index (κ2) is 5.80. The Kier molecular flexibility index (Phi) is 4.38. The molecule has 0 bridgehead atoms. The largest absolute Gasteiger partial charge is 0.313 e. The molecule has 2 nitrogen and oxygen atoms in total. The number of likely N-dealkylation sites (tertiary alicyclic amines) is 1. The van der Waals surface area contributed by atoms with Crippen molar-refractivity contribution in [1.82, 2.24) is 10.2 Å². The molecule has 3 heteroatoms. The van der Waals surface area contributed by atoms with Crippen LogP contribution >= 0.6 is 15.9 Å². The van der Waals surface area contributed by atoms with Crippen molar-refractivity contribution in [3.63, 3.8) is 0 Å². The zero-order valence-electron chi connectivity index (χ0n) is 9.75. The molecule has 88 valence electrons. The summed E-state index contributed by atoms with van der Waals surface area (Å²) in [6.07, 6.45) is 1.28. The van der Waals surface area contributed by atoms with Gasteiger partial charge in [0.1, 0.15) is 0 Å². The van der Waals surface area contributed by atoms with E-state index in [0.29, 0.717) is 6.04 Å². The topological polar surface area (TPSA) is 15.3 Å². The van der Waals surface area contributed by atoms with Crippen molar-refractivity contribution in [3.05, 3.63) is 34.3 Å². The Morgan fingerprint density at radius 2 is 2.38 bits per heavy atom. The van der Waals surface area contributed by atoms with Crippen LogP contribution in [-0.4, -0.2) is 30.6 Å². The summed E-state index contributed by atoms with van der Waals surface area (Å²) in [6, 6.07) is 9.29. The number of rotatable bonds is 4. The highest BCUT2D eigenvalue weighted by molar-refractivity contribution is 9.10. The van der Waals surface area contributed by atoms with E-state index in [1.165, 1.54) is 29.5 Å². The maximum absolute atomic E-state index is 3.52. The third-order valence-electron chi connectivity index (χ3n) is 3.06. The quantitative estimate of drug-likeness (QED) is 0.914. The SMILES string of the molecule is CCNC1CCN(Cc2cccc(Br)c2)C1. The van der Waals surface area contributed by atoms with Crippen LogP contribution < -0.4 is 5.32 Å². The van der Waals surface area contributed by atoms with Crippen LogP contribution in [0.15, 0.2) is 28.7 Å². The Bertz CT molecular complexity index is 340. The first kappa shape index (κ1) is 12.1. The fraction of sp³-hybridized carbons (Fsp3) is 0.538. The molecule has 0 aliphatic carbocycles. The van der Waals surface area contributed by atoms with Crippen LogP contribution in [-0.2, 0) is 6.54 Å². The van der Waals surface area contributed by atoms with Crippen LogP contribution in [0.4, 0.5) is 0 Å². The van der Waals surface area contributed by atoms with Crippen LogP contribution in [0.3, 0.4) is 0 Å². The van der Waals surface area contributed by atoms with Gasteiger partial charge in [-0.15, -0.1) is 0 Å². The molecule has 1 heterocycles. The molecule has 1 aliphatic rings. The van der Waals surface area contributed by atoms with E-state index in [4.69, 9.17) is 0 Å². The molecule has 1 aromatic carbocycles. The normalized spacial score (nSPS) is 21.5. The van der Waals surface area contributed by atoms with E-state index in [-0.39, 0.29) is 0 Å². The summed E-state index contributed by atoms with van der Waals surface area (Å²) in [5.41, 5.74) is 1.39. The monoisotopic (exact) mass is 282 g/mol. The molecule has 2 rings (SSSR count). The Morgan fingerprint density at radius 1 is 1.50 bits per heavy atom. The van der Waals surface area contributed by atoms with Gasteiger partial charge in [-0.05, 0) is 30.7 Å². The molecule has 1 N–H and O–H groups in total.